The highest BCUT2D eigenvalue weighted by Gasteiger charge is 2.19. The molecule has 0 aromatic rings. The van der Waals surface area contributed by atoms with Crippen LogP contribution in [0.3, 0.4) is 0 Å². The number of nitroso groups, excluding NO2 is 1. The predicted molar refractivity (Wildman–Crippen MR) is 48.7 cm³/mol. The predicted octanol–water partition coefficient (Wildman–Crippen LogP) is 1.63. The van der Waals surface area contributed by atoms with Crippen LogP contribution in [0.5, 0.6) is 0 Å². The average molecular weight is 174 g/mol. The molecule has 2 N–H and O–H groups in total. The summed E-state index contributed by atoms with van der Waals surface area (Å²) in [6, 6.07) is 0. The molecule has 0 atom stereocenters. The molecular formula is C8H18N2O2. The van der Waals surface area contributed by atoms with Gasteiger partial charge in [-0.15, -0.1) is 0 Å². The lowest BCUT2D eigenvalue weighted by Gasteiger charge is -2.22. The molecule has 12 heavy (non-hydrogen) atoms. The Bertz CT molecular complexity index is 150. The van der Waals surface area contributed by atoms with Crippen molar-refractivity contribution in [2.45, 2.75) is 45.4 Å². The molecule has 0 aromatic heterocycles. The van der Waals surface area contributed by atoms with Gasteiger partial charge < -0.3 is 10.5 Å². The second-order valence-corrected chi connectivity index (χ2v) is 4.11. The second-order valence-electron chi connectivity index (χ2n) is 4.11. The first-order valence-electron chi connectivity index (χ1n) is 4.04. The minimum Gasteiger partial charge on any atom is -0.361 e. The Morgan fingerprint density at radius 2 is 1.83 bits per heavy atom. The van der Waals surface area contributed by atoms with Crippen molar-refractivity contribution in [3.05, 3.63) is 4.91 Å². The quantitative estimate of drug-likeness (QED) is 0.509. The molecular weight excluding hydrogens is 156 g/mol. The van der Waals surface area contributed by atoms with Crippen LogP contribution in [0.25, 0.3) is 0 Å². The van der Waals surface area contributed by atoms with Gasteiger partial charge >= 0.3 is 0 Å². The lowest BCUT2D eigenvalue weighted by molar-refractivity contribution is -0.0186. The Morgan fingerprint density at radius 1 is 1.33 bits per heavy atom. The zero-order chi connectivity index (χ0) is 9.83. The largest absolute Gasteiger partial charge is 0.361 e. The highest BCUT2D eigenvalue weighted by atomic mass is 16.5. The number of hydrogen-bond acceptors (Lipinski definition) is 4. The summed E-state index contributed by atoms with van der Waals surface area (Å²) in [7, 11) is 0. The van der Waals surface area contributed by atoms with Crippen molar-refractivity contribution in [1.82, 2.24) is 0 Å². The Kier molecular flexibility index (Phi) is 3.80. The smallest absolute Gasteiger partial charge is 0.111 e. The SMILES string of the molecule is CC(C)(CCOC(C)(C)N)N=O. The number of hydrogen-bond donors (Lipinski definition) is 1. The Hall–Kier alpha value is -0.480. The molecule has 0 fully saturated rings. The van der Waals surface area contributed by atoms with Crippen molar-refractivity contribution >= 4 is 0 Å². The fourth-order valence-corrected chi connectivity index (χ4v) is 0.609. The van der Waals surface area contributed by atoms with Crippen LogP contribution in [0, 0.1) is 4.91 Å². The van der Waals surface area contributed by atoms with E-state index in [4.69, 9.17) is 10.5 Å². The molecule has 4 nitrogen and oxygen atoms in total. The topological polar surface area (TPSA) is 64.7 Å². The van der Waals surface area contributed by atoms with Crippen molar-refractivity contribution in [2.24, 2.45) is 10.9 Å². The number of nitrogens with zero attached hydrogens (tertiary/aromatic N) is 1. The minimum absolute atomic E-state index is 0.461. The van der Waals surface area contributed by atoms with Crippen molar-refractivity contribution in [2.75, 3.05) is 6.61 Å². The van der Waals surface area contributed by atoms with E-state index in [1.54, 1.807) is 27.7 Å². The van der Waals surface area contributed by atoms with Gasteiger partial charge in [0, 0.05) is 0 Å². The standard InChI is InChI=1S/C8H18N2O2/c1-7(2,10-11)5-6-12-8(3,4)9/h5-6,9H2,1-4H3. The number of nitrogens with two attached hydrogens (primary N) is 1. The normalized spacial score (nSPS) is 13.1. The van der Waals surface area contributed by atoms with Gasteiger partial charge in [0.05, 0.1) is 12.1 Å². The van der Waals surface area contributed by atoms with E-state index in [9.17, 15) is 4.91 Å². The fraction of sp³-hybridized carbons (Fsp3) is 1.00. The molecule has 0 bridgehead atoms. The zero-order valence-corrected chi connectivity index (χ0v) is 8.26. The van der Waals surface area contributed by atoms with Crippen LogP contribution < -0.4 is 5.73 Å². The van der Waals surface area contributed by atoms with E-state index in [2.05, 4.69) is 5.18 Å². The summed E-state index contributed by atoms with van der Waals surface area (Å²) in [5, 5.41) is 2.97. The summed E-state index contributed by atoms with van der Waals surface area (Å²) < 4.78 is 5.25. The van der Waals surface area contributed by atoms with E-state index in [0.29, 0.717) is 13.0 Å². The summed E-state index contributed by atoms with van der Waals surface area (Å²) in [4.78, 5) is 10.2. The molecule has 4 heteroatoms. The summed E-state index contributed by atoms with van der Waals surface area (Å²) in [6.45, 7) is 7.55. The highest BCUT2D eigenvalue weighted by molar-refractivity contribution is 4.76. The first-order valence-corrected chi connectivity index (χ1v) is 4.04. The van der Waals surface area contributed by atoms with Crippen LogP contribution in [0.4, 0.5) is 0 Å². The van der Waals surface area contributed by atoms with Gasteiger partial charge in [-0.25, -0.2) is 0 Å². The van der Waals surface area contributed by atoms with Gasteiger partial charge in [-0.1, -0.05) is 5.18 Å². The Labute approximate surface area is 73.4 Å². The molecule has 0 spiro atoms. The van der Waals surface area contributed by atoms with E-state index in [0.717, 1.165) is 0 Å². The maximum Gasteiger partial charge on any atom is 0.111 e. The first-order chi connectivity index (χ1) is 5.27. The van der Waals surface area contributed by atoms with Gasteiger partial charge in [-0.3, -0.25) is 0 Å². The Morgan fingerprint density at radius 3 is 2.17 bits per heavy atom. The minimum atomic E-state index is -0.626. The molecule has 0 amide bonds. The third-order valence-corrected chi connectivity index (χ3v) is 1.44. The molecule has 0 heterocycles. The van der Waals surface area contributed by atoms with Crippen molar-refractivity contribution in [3.8, 4) is 0 Å². The number of ether oxygens (including phenoxy) is 1. The first kappa shape index (κ1) is 11.5. The van der Waals surface area contributed by atoms with E-state index in [1.807, 2.05) is 0 Å². The van der Waals surface area contributed by atoms with Gasteiger partial charge in [-0.05, 0) is 34.1 Å². The van der Waals surface area contributed by atoms with Crippen LogP contribution in [0.15, 0.2) is 5.18 Å². The third-order valence-electron chi connectivity index (χ3n) is 1.44. The molecule has 0 unspecified atom stereocenters. The molecule has 0 aromatic carbocycles. The van der Waals surface area contributed by atoms with Crippen LogP contribution in [0.1, 0.15) is 34.1 Å². The molecule has 72 valence electrons. The maximum absolute atomic E-state index is 10.2. The monoisotopic (exact) mass is 174 g/mol. The Balaban J connectivity index is 3.64. The van der Waals surface area contributed by atoms with Crippen LogP contribution in [-0.4, -0.2) is 17.9 Å². The molecule has 0 rings (SSSR count). The molecule has 0 saturated heterocycles. The van der Waals surface area contributed by atoms with Gasteiger partial charge in [0.15, 0.2) is 0 Å². The molecule has 0 aliphatic carbocycles. The summed E-state index contributed by atoms with van der Waals surface area (Å²) >= 11 is 0. The van der Waals surface area contributed by atoms with Crippen molar-refractivity contribution in [3.63, 3.8) is 0 Å². The van der Waals surface area contributed by atoms with Gasteiger partial charge in [0.25, 0.3) is 0 Å². The molecule has 0 aliphatic heterocycles. The number of rotatable bonds is 5. The van der Waals surface area contributed by atoms with E-state index >= 15 is 0 Å². The summed E-state index contributed by atoms with van der Waals surface area (Å²) in [5.41, 5.74) is 4.40. The van der Waals surface area contributed by atoms with Crippen LogP contribution in [-0.2, 0) is 4.74 Å². The van der Waals surface area contributed by atoms with Crippen LogP contribution in [0.2, 0.25) is 0 Å². The fourth-order valence-electron chi connectivity index (χ4n) is 0.609. The van der Waals surface area contributed by atoms with Gasteiger partial charge in [0.1, 0.15) is 5.72 Å². The average Bonchev–Trinajstić information content (AvgIpc) is 1.84. The second kappa shape index (κ2) is 3.96. The molecule has 0 aliphatic rings. The van der Waals surface area contributed by atoms with E-state index in [-0.39, 0.29) is 0 Å². The van der Waals surface area contributed by atoms with E-state index < -0.39 is 11.3 Å². The van der Waals surface area contributed by atoms with Crippen LogP contribution >= 0.6 is 0 Å². The lowest BCUT2D eigenvalue weighted by atomic mass is 10.0. The highest BCUT2D eigenvalue weighted by Crippen LogP contribution is 2.14. The maximum atomic E-state index is 10.2. The summed E-state index contributed by atoms with van der Waals surface area (Å²) in [6.07, 6.45) is 0.594. The van der Waals surface area contributed by atoms with Gasteiger partial charge in [0.2, 0.25) is 0 Å². The van der Waals surface area contributed by atoms with Crippen molar-refractivity contribution < 1.29 is 4.74 Å². The van der Waals surface area contributed by atoms with Gasteiger partial charge in [-0.2, -0.15) is 4.91 Å². The molecule has 0 radical (unpaired) electrons. The molecule has 0 saturated carbocycles. The van der Waals surface area contributed by atoms with Crippen molar-refractivity contribution in [1.29, 1.82) is 0 Å². The lowest BCUT2D eigenvalue weighted by Crippen LogP contribution is -2.36. The van der Waals surface area contributed by atoms with E-state index in [1.165, 1.54) is 0 Å². The summed E-state index contributed by atoms with van der Waals surface area (Å²) in [5.74, 6) is 0. The third kappa shape index (κ3) is 6.24. The zero-order valence-electron chi connectivity index (χ0n) is 8.26.